The van der Waals surface area contributed by atoms with Crippen LogP contribution in [-0.4, -0.2) is 44.3 Å². The number of nitrogens with zero attached hydrogens (tertiary/aromatic N) is 2. The number of aliphatic imine (C=N–C) groups is 1. The molecule has 1 fully saturated rings. The summed E-state index contributed by atoms with van der Waals surface area (Å²) in [5, 5.41) is 0.744. The third-order valence-corrected chi connectivity index (χ3v) is 7.45. The third kappa shape index (κ3) is 3.68. The van der Waals surface area contributed by atoms with Crippen LogP contribution in [0.15, 0.2) is 53.5 Å². The van der Waals surface area contributed by atoms with E-state index < -0.39 is 9.84 Å². The molecule has 27 heavy (non-hydrogen) atoms. The predicted octanol–water partition coefficient (Wildman–Crippen LogP) is 3.11. The molecule has 142 valence electrons. The van der Waals surface area contributed by atoms with Gasteiger partial charge in [-0.1, -0.05) is 36.0 Å². The summed E-state index contributed by atoms with van der Waals surface area (Å²) in [6, 6.07) is 13.5. The van der Waals surface area contributed by atoms with Crippen molar-refractivity contribution in [3.8, 4) is 5.75 Å². The van der Waals surface area contributed by atoms with Crippen molar-refractivity contribution in [3.05, 3.63) is 59.9 Å². The average Bonchev–Trinajstić information content (AvgIpc) is 3.11. The molecule has 0 N–H and O–H groups in total. The molecule has 2 aliphatic rings. The number of sulfone groups is 1. The van der Waals surface area contributed by atoms with Crippen LogP contribution >= 0.6 is 11.8 Å². The molecule has 0 bridgehead atoms. The Labute approximate surface area is 162 Å². The SMILES string of the molecule is COc1ccccc1N1C(SCc2cccc(F)c2)=N[C@@H]2CS(=O)(=O)C[C@@H]21. The summed E-state index contributed by atoms with van der Waals surface area (Å²) in [6.07, 6.45) is 0. The van der Waals surface area contributed by atoms with Crippen LogP contribution in [0.25, 0.3) is 0 Å². The molecule has 2 aromatic carbocycles. The van der Waals surface area contributed by atoms with E-state index in [1.165, 1.54) is 23.9 Å². The fourth-order valence-corrected chi connectivity index (χ4v) is 6.42. The minimum Gasteiger partial charge on any atom is -0.495 e. The lowest BCUT2D eigenvalue weighted by atomic mass is 10.1. The van der Waals surface area contributed by atoms with Gasteiger partial charge in [-0.3, -0.25) is 4.99 Å². The Bertz CT molecular complexity index is 994. The lowest BCUT2D eigenvalue weighted by Gasteiger charge is -2.27. The topological polar surface area (TPSA) is 59.0 Å². The van der Waals surface area contributed by atoms with Crippen LogP contribution in [0.4, 0.5) is 10.1 Å². The van der Waals surface area contributed by atoms with Gasteiger partial charge in [-0.25, -0.2) is 12.8 Å². The first-order chi connectivity index (χ1) is 13.0. The highest BCUT2D eigenvalue weighted by Crippen LogP contribution is 2.39. The first-order valence-electron chi connectivity index (χ1n) is 8.54. The maximum Gasteiger partial charge on any atom is 0.164 e. The average molecular weight is 407 g/mol. The minimum atomic E-state index is -3.11. The van der Waals surface area contributed by atoms with Gasteiger partial charge in [0.05, 0.1) is 36.4 Å². The van der Waals surface area contributed by atoms with Gasteiger partial charge in [0, 0.05) is 5.75 Å². The van der Waals surface area contributed by atoms with Crippen molar-refractivity contribution in [2.45, 2.75) is 17.8 Å². The Balaban J connectivity index is 1.65. The highest BCUT2D eigenvalue weighted by Gasteiger charge is 2.47. The van der Waals surface area contributed by atoms with Crippen molar-refractivity contribution < 1.29 is 17.5 Å². The van der Waals surface area contributed by atoms with Crippen molar-refractivity contribution in [2.75, 3.05) is 23.5 Å². The quantitative estimate of drug-likeness (QED) is 0.781. The molecule has 0 unspecified atom stereocenters. The highest BCUT2D eigenvalue weighted by atomic mass is 32.2. The molecule has 2 heterocycles. The number of hydrogen-bond donors (Lipinski definition) is 0. The van der Waals surface area contributed by atoms with E-state index in [9.17, 15) is 12.8 Å². The van der Waals surface area contributed by atoms with E-state index in [0.29, 0.717) is 11.5 Å². The standard InChI is InChI=1S/C19H19FN2O3S2/c1-25-18-8-3-2-7-16(18)22-17-12-27(23,24)11-15(17)21-19(22)26-10-13-5-4-6-14(20)9-13/h2-9,15,17H,10-12H2,1H3/t15-,17+/m1/s1. The van der Waals surface area contributed by atoms with Gasteiger partial charge in [-0.2, -0.15) is 0 Å². The molecular formula is C19H19FN2O3S2. The Kier molecular flexibility index (Phi) is 4.86. The lowest BCUT2D eigenvalue weighted by molar-refractivity contribution is 0.415. The monoisotopic (exact) mass is 406 g/mol. The number of thioether (sulfide) groups is 1. The first kappa shape index (κ1) is 18.3. The van der Waals surface area contributed by atoms with Crippen molar-refractivity contribution in [1.82, 2.24) is 0 Å². The molecule has 5 nitrogen and oxygen atoms in total. The summed E-state index contributed by atoms with van der Waals surface area (Å²) >= 11 is 1.48. The second kappa shape index (κ2) is 7.16. The van der Waals surface area contributed by atoms with Crippen LogP contribution in [0.2, 0.25) is 0 Å². The number of ether oxygens (including phenoxy) is 1. The molecule has 2 atom stereocenters. The summed E-state index contributed by atoms with van der Waals surface area (Å²) in [4.78, 5) is 6.66. The van der Waals surface area contributed by atoms with Gasteiger partial charge in [0.2, 0.25) is 0 Å². The van der Waals surface area contributed by atoms with E-state index >= 15 is 0 Å². The van der Waals surface area contributed by atoms with Crippen molar-refractivity contribution in [3.63, 3.8) is 0 Å². The van der Waals surface area contributed by atoms with Gasteiger partial charge in [0.15, 0.2) is 15.0 Å². The summed E-state index contributed by atoms with van der Waals surface area (Å²) in [7, 11) is -1.52. The summed E-state index contributed by atoms with van der Waals surface area (Å²) in [5.41, 5.74) is 1.66. The molecule has 2 aromatic rings. The Morgan fingerprint density at radius 1 is 1.22 bits per heavy atom. The van der Waals surface area contributed by atoms with Crippen LogP contribution in [0.5, 0.6) is 5.75 Å². The molecular weight excluding hydrogens is 387 g/mol. The van der Waals surface area contributed by atoms with Gasteiger partial charge in [0.1, 0.15) is 11.6 Å². The fraction of sp³-hybridized carbons (Fsp3) is 0.316. The lowest BCUT2D eigenvalue weighted by Crippen LogP contribution is -2.39. The number of para-hydroxylation sites is 2. The highest BCUT2D eigenvalue weighted by molar-refractivity contribution is 8.13. The number of methoxy groups -OCH3 is 1. The summed E-state index contributed by atoms with van der Waals surface area (Å²) in [5.74, 6) is 1.08. The molecule has 0 aromatic heterocycles. The van der Waals surface area contributed by atoms with Crippen molar-refractivity contribution in [1.29, 1.82) is 0 Å². The molecule has 4 rings (SSSR count). The van der Waals surface area contributed by atoms with Crippen LogP contribution < -0.4 is 9.64 Å². The molecule has 8 heteroatoms. The van der Waals surface area contributed by atoms with Crippen LogP contribution in [0.3, 0.4) is 0 Å². The van der Waals surface area contributed by atoms with Gasteiger partial charge in [-0.05, 0) is 29.8 Å². The number of halogens is 1. The second-order valence-corrected chi connectivity index (χ2v) is 9.68. The van der Waals surface area contributed by atoms with Gasteiger partial charge >= 0.3 is 0 Å². The zero-order valence-electron chi connectivity index (χ0n) is 14.7. The zero-order valence-corrected chi connectivity index (χ0v) is 16.3. The predicted molar refractivity (Wildman–Crippen MR) is 107 cm³/mol. The molecule has 2 aliphatic heterocycles. The van der Waals surface area contributed by atoms with E-state index in [4.69, 9.17) is 9.73 Å². The maximum atomic E-state index is 13.4. The summed E-state index contributed by atoms with van der Waals surface area (Å²) < 4.78 is 43.2. The third-order valence-electron chi connectivity index (χ3n) is 4.71. The Morgan fingerprint density at radius 2 is 2.04 bits per heavy atom. The van der Waals surface area contributed by atoms with Crippen molar-refractivity contribution >= 4 is 32.5 Å². The molecule has 0 spiro atoms. The van der Waals surface area contributed by atoms with E-state index in [1.54, 1.807) is 13.2 Å². The van der Waals surface area contributed by atoms with Gasteiger partial charge in [-0.15, -0.1) is 0 Å². The van der Waals surface area contributed by atoms with E-state index in [0.717, 1.165) is 16.4 Å². The van der Waals surface area contributed by atoms with E-state index in [-0.39, 0.29) is 29.4 Å². The Hall–Kier alpha value is -2.06. The minimum absolute atomic E-state index is 0.0628. The number of benzene rings is 2. The molecule has 0 aliphatic carbocycles. The Morgan fingerprint density at radius 3 is 2.81 bits per heavy atom. The normalized spacial score (nSPS) is 23.2. The second-order valence-electron chi connectivity index (χ2n) is 6.58. The van der Waals surface area contributed by atoms with Gasteiger partial charge in [0.25, 0.3) is 0 Å². The number of hydrogen-bond acceptors (Lipinski definition) is 6. The number of fused-ring (bicyclic) bond motifs is 1. The first-order valence-corrected chi connectivity index (χ1v) is 11.4. The van der Waals surface area contributed by atoms with Crippen LogP contribution in [-0.2, 0) is 15.6 Å². The fourth-order valence-electron chi connectivity index (χ4n) is 3.52. The zero-order chi connectivity index (χ0) is 19.0. The maximum absolute atomic E-state index is 13.4. The summed E-state index contributed by atoms with van der Waals surface area (Å²) in [6.45, 7) is 0. The molecule has 1 saturated heterocycles. The van der Waals surface area contributed by atoms with E-state index in [2.05, 4.69) is 0 Å². The smallest absolute Gasteiger partial charge is 0.164 e. The number of anilines is 1. The van der Waals surface area contributed by atoms with E-state index in [1.807, 2.05) is 35.2 Å². The largest absolute Gasteiger partial charge is 0.495 e. The van der Waals surface area contributed by atoms with Crippen LogP contribution in [0.1, 0.15) is 5.56 Å². The van der Waals surface area contributed by atoms with Gasteiger partial charge < -0.3 is 9.64 Å². The van der Waals surface area contributed by atoms with Crippen molar-refractivity contribution in [2.24, 2.45) is 4.99 Å². The van der Waals surface area contributed by atoms with Crippen LogP contribution in [0, 0.1) is 5.82 Å². The molecule has 0 radical (unpaired) electrons. The number of amidine groups is 1. The number of rotatable bonds is 4. The molecule has 0 amide bonds. The molecule has 0 saturated carbocycles.